The van der Waals surface area contributed by atoms with E-state index in [1.165, 1.54) is 7.11 Å². The smallest absolute Gasteiger partial charge is 0.262 e. The van der Waals surface area contributed by atoms with Crippen molar-refractivity contribution in [3.63, 3.8) is 0 Å². The lowest BCUT2D eigenvalue weighted by Gasteiger charge is -2.12. The molecule has 0 aliphatic carbocycles. The highest BCUT2D eigenvalue weighted by molar-refractivity contribution is 7.98. The Balaban J connectivity index is 2.01. The normalized spacial score (nSPS) is 9.78. The van der Waals surface area contributed by atoms with Crippen LogP contribution in [-0.2, 0) is 4.79 Å². The molecule has 1 amide bonds. The second-order valence-electron chi connectivity index (χ2n) is 4.51. The van der Waals surface area contributed by atoms with E-state index in [-0.39, 0.29) is 12.5 Å². The quantitative estimate of drug-likeness (QED) is 0.824. The number of nitrogens with zero attached hydrogens (tertiary/aromatic N) is 1. The van der Waals surface area contributed by atoms with E-state index in [4.69, 9.17) is 14.7 Å². The highest BCUT2D eigenvalue weighted by Crippen LogP contribution is 2.28. The van der Waals surface area contributed by atoms with E-state index in [0.29, 0.717) is 17.1 Å². The van der Waals surface area contributed by atoms with Crippen LogP contribution in [0, 0.1) is 11.3 Å². The molecule has 5 nitrogen and oxygen atoms in total. The van der Waals surface area contributed by atoms with Crippen molar-refractivity contribution in [2.45, 2.75) is 4.90 Å². The molecule has 0 unspecified atom stereocenters. The molecule has 0 heterocycles. The SMILES string of the molecule is COc1cc(C#N)ccc1OCC(=O)Nc1ccccc1SC. The molecule has 0 bridgehead atoms. The Morgan fingerprint density at radius 1 is 1.26 bits per heavy atom. The van der Waals surface area contributed by atoms with Crippen LogP contribution in [0.25, 0.3) is 0 Å². The molecule has 0 aliphatic rings. The number of nitrogens with one attached hydrogen (secondary N) is 1. The summed E-state index contributed by atoms with van der Waals surface area (Å²) in [5, 5.41) is 11.7. The highest BCUT2D eigenvalue weighted by Gasteiger charge is 2.10. The third-order valence-electron chi connectivity index (χ3n) is 3.03. The van der Waals surface area contributed by atoms with Gasteiger partial charge in [0, 0.05) is 11.0 Å². The number of hydrogen-bond acceptors (Lipinski definition) is 5. The van der Waals surface area contributed by atoms with E-state index in [1.54, 1.807) is 30.0 Å². The van der Waals surface area contributed by atoms with Gasteiger partial charge in [-0.1, -0.05) is 12.1 Å². The molecule has 2 rings (SSSR count). The third kappa shape index (κ3) is 4.41. The van der Waals surface area contributed by atoms with Gasteiger partial charge in [-0.05, 0) is 30.5 Å². The lowest BCUT2D eigenvalue weighted by Crippen LogP contribution is -2.20. The first kappa shape index (κ1) is 16.7. The number of ether oxygens (including phenoxy) is 2. The number of thioether (sulfide) groups is 1. The zero-order chi connectivity index (χ0) is 16.7. The summed E-state index contributed by atoms with van der Waals surface area (Å²) in [7, 11) is 1.48. The summed E-state index contributed by atoms with van der Waals surface area (Å²) >= 11 is 1.56. The molecular formula is C17H16N2O3S. The average molecular weight is 328 g/mol. The predicted octanol–water partition coefficient (Wildman–Crippen LogP) is 3.31. The Labute approximate surface area is 139 Å². The van der Waals surface area contributed by atoms with Gasteiger partial charge in [0.2, 0.25) is 0 Å². The van der Waals surface area contributed by atoms with Gasteiger partial charge in [-0.3, -0.25) is 4.79 Å². The van der Waals surface area contributed by atoms with Crippen molar-refractivity contribution in [2.24, 2.45) is 0 Å². The van der Waals surface area contributed by atoms with E-state index in [1.807, 2.05) is 36.6 Å². The Morgan fingerprint density at radius 3 is 2.74 bits per heavy atom. The van der Waals surface area contributed by atoms with Crippen LogP contribution in [-0.4, -0.2) is 25.9 Å². The van der Waals surface area contributed by atoms with Gasteiger partial charge < -0.3 is 14.8 Å². The predicted molar refractivity (Wildman–Crippen MR) is 90.1 cm³/mol. The van der Waals surface area contributed by atoms with Gasteiger partial charge in [0.1, 0.15) is 0 Å². The molecule has 0 fully saturated rings. The number of carbonyl (C=O) groups is 1. The van der Waals surface area contributed by atoms with Crippen molar-refractivity contribution in [3.05, 3.63) is 48.0 Å². The van der Waals surface area contributed by atoms with E-state index >= 15 is 0 Å². The fourth-order valence-electron chi connectivity index (χ4n) is 1.93. The van der Waals surface area contributed by atoms with Crippen molar-refractivity contribution >= 4 is 23.4 Å². The summed E-state index contributed by atoms with van der Waals surface area (Å²) in [5.41, 5.74) is 1.22. The zero-order valence-electron chi connectivity index (χ0n) is 12.8. The summed E-state index contributed by atoms with van der Waals surface area (Å²) in [5.74, 6) is 0.569. The number of nitriles is 1. The molecule has 2 aromatic rings. The molecule has 0 saturated heterocycles. The monoisotopic (exact) mass is 328 g/mol. The number of benzene rings is 2. The molecule has 1 N–H and O–H groups in total. The topological polar surface area (TPSA) is 71.3 Å². The fraction of sp³-hybridized carbons (Fsp3) is 0.176. The van der Waals surface area contributed by atoms with Crippen LogP contribution < -0.4 is 14.8 Å². The van der Waals surface area contributed by atoms with Gasteiger partial charge in [0.25, 0.3) is 5.91 Å². The molecule has 6 heteroatoms. The lowest BCUT2D eigenvalue weighted by atomic mass is 10.2. The van der Waals surface area contributed by atoms with Gasteiger partial charge in [-0.25, -0.2) is 0 Å². The van der Waals surface area contributed by atoms with Gasteiger partial charge in [0.05, 0.1) is 24.4 Å². The molecule has 0 saturated carbocycles. The van der Waals surface area contributed by atoms with Gasteiger partial charge >= 0.3 is 0 Å². The second-order valence-corrected chi connectivity index (χ2v) is 5.36. The number of hydrogen-bond donors (Lipinski definition) is 1. The van der Waals surface area contributed by atoms with Crippen molar-refractivity contribution in [1.82, 2.24) is 0 Å². The molecule has 0 aromatic heterocycles. The van der Waals surface area contributed by atoms with E-state index < -0.39 is 0 Å². The van der Waals surface area contributed by atoms with Crippen molar-refractivity contribution in [3.8, 4) is 17.6 Å². The van der Waals surface area contributed by atoms with Crippen LogP contribution in [0.2, 0.25) is 0 Å². The molecule has 23 heavy (non-hydrogen) atoms. The number of methoxy groups -OCH3 is 1. The van der Waals surface area contributed by atoms with Crippen LogP contribution in [0.5, 0.6) is 11.5 Å². The maximum atomic E-state index is 12.0. The molecule has 2 aromatic carbocycles. The summed E-state index contributed by atoms with van der Waals surface area (Å²) in [4.78, 5) is 13.0. The Hall–Kier alpha value is -2.65. The fourth-order valence-corrected chi connectivity index (χ4v) is 2.49. The number of carbonyl (C=O) groups excluding carboxylic acids is 1. The minimum Gasteiger partial charge on any atom is -0.493 e. The number of para-hydroxylation sites is 1. The summed E-state index contributed by atoms with van der Waals surface area (Å²) in [6.07, 6.45) is 1.95. The van der Waals surface area contributed by atoms with Crippen LogP contribution in [0.4, 0.5) is 5.69 Å². The van der Waals surface area contributed by atoms with Gasteiger partial charge in [-0.15, -0.1) is 11.8 Å². The minimum atomic E-state index is -0.266. The number of anilines is 1. The molecule has 0 spiro atoms. The van der Waals surface area contributed by atoms with Crippen molar-refractivity contribution < 1.29 is 14.3 Å². The molecular weight excluding hydrogens is 312 g/mol. The first-order valence-electron chi connectivity index (χ1n) is 6.81. The molecule has 0 radical (unpaired) electrons. The first-order valence-corrected chi connectivity index (χ1v) is 8.04. The van der Waals surface area contributed by atoms with E-state index in [2.05, 4.69) is 5.32 Å². The molecule has 0 aliphatic heterocycles. The van der Waals surface area contributed by atoms with E-state index in [9.17, 15) is 4.79 Å². The van der Waals surface area contributed by atoms with Crippen LogP contribution in [0.3, 0.4) is 0 Å². The average Bonchev–Trinajstić information content (AvgIpc) is 2.60. The highest BCUT2D eigenvalue weighted by atomic mass is 32.2. The van der Waals surface area contributed by atoms with Crippen LogP contribution in [0.15, 0.2) is 47.4 Å². The Bertz CT molecular complexity index is 741. The van der Waals surface area contributed by atoms with Crippen LogP contribution in [0.1, 0.15) is 5.56 Å². The second kappa shape index (κ2) is 8.11. The lowest BCUT2D eigenvalue weighted by molar-refractivity contribution is -0.118. The Kier molecular flexibility index (Phi) is 5.89. The standard InChI is InChI=1S/C17H16N2O3S/c1-21-15-9-12(10-18)7-8-14(15)22-11-17(20)19-13-5-3-4-6-16(13)23-2/h3-9H,11H2,1-2H3,(H,19,20). The Morgan fingerprint density at radius 2 is 2.04 bits per heavy atom. The van der Waals surface area contributed by atoms with Crippen LogP contribution >= 0.6 is 11.8 Å². The van der Waals surface area contributed by atoms with Crippen molar-refractivity contribution in [2.75, 3.05) is 25.3 Å². The summed E-state index contributed by atoms with van der Waals surface area (Å²) < 4.78 is 10.6. The third-order valence-corrected chi connectivity index (χ3v) is 3.83. The zero-order valence-corrected chi connectivity index (χ0v) is 13.6. The minimum absolute atomic E-state index is 0.148. The van der Waals surface area contributed by atoms with Gasteiger partial charge in [0.15, 0.2) is 18.1 Å². The largest absolute Gasteiger partial charge is 0.493 e. The summed E-state index contributed by atoms with van der Waals surface area (Å²) in [6.45, 7) is -0.148. The molecule has 0 atom stereocenters. The van der Waals surface area contributed by atoms with E-state index in [0.717, 1.165) is 10.6 Å². The molecule has 118 valence electrons. The first-order chi connectivity index (χ1) is 11.2. The maximum absolute atomic E-state index is 12.0. The number of amides is 1. The number of rotatable bonds is 6. The maximum Gasteiger partial charge on any atom is 0.262 e. The van der Waals surface area contributed by atoms with Gasteiger partial charge in [-0.2, -0.15) is 5.26 Å². The van der Waals surface area contributed by atoms with Crippen molar-refractivity contribution in [1.29, 1.82) is 5.26 Å². The summed E-state index contributed by atoms with van der Waals surface area (Å²) in [6, 6.07) is 14.4.